The number of aliphatic hydroxyl groups excluding tert-OH is 1. The van der Waals surface area contributed by atoms with E-state index < -0.39 is 0 Å². The Labute approximate surface area is 162 Å². The van der Waals surface area contributed by atoms with Crippen molar-refractivity contribution < 1.29 is 9.90 Å². The Kier molecular flexibility index (Phi) is 5.50. The molecule has 2 aliphatic rings. The second-order valence-corrected chi connectivity index (χ2v) is 8.44. The molecule has 0 atom stereocenters. The van der Waals surface area contributed by atoms with Gasteiger partial charge in [-0.15, -0.1) is 0 Å². The van der Waals surface area contributed by atoms with Crippen molar-refractivity contribution in [3.05, 3.63) is 34.6 Å². The number of hydrogen-bond acceptors (Lipinski definition) is 5. The fraction of sp³-hybridized carbons (Fsp3) is 0.550. The largest absolute Gasteiger partial charge is 0.396 e. The number of aromatic nitrogens is 2. The van der Waals surface area contributed by atoms with Crippen molar-refractivity contribution in [1.29, 1.82) is 0 Å². The van der Waals surface area contributed by atoms with Crippen molar-refractivity contribution in [2.75, 3.05) is 12.4 Å². The predicted octanol–water partition coefficient (Wildman–Crippen LogP) is 2.18. The van der Waals surface area contributed by atoms with Gasteiger partial charge < -0.3 is 10.4 Å². The zero-order valence-electron chi connectivity index (χ0n) is 15.3. The van der Waals surface area contributed by atoms with Gasteiger partial charge in [0.1, 0.15) is 0 Å². The summed E-state index contributed by atoms with van der Waals surface area (Å²) in [5.41, 5.74) is 0.519. The summed E-state index contributed by atoms with van der Waals surface area (Å²) in [6, 6.07) is 7.58. The number of thioether (sulfide) groups is 1. The number of fused-ring (bicyclic) bond motifs is 1. The third-order valence-corrected chi connectivity index (χ3v) is 6.26. The summed E-state index contributed by atoms with van der Waals surface area (Å²) in [6.07, 6.45) is 5.37. The van der Waals surface area contributed by atoms with E-state index in [1.54, 1.807) is 10.6 Å². The molecule has 1 heterocycles. The third-order valence-electron chi connectivity index (χ3n) is 5.29. The van der Waals surface area contributed by atoms with Crippen LogP contribution >= 0.6 is 11.8 Å². The first kappa shape index (κ1) is 18.5. The summed E-state index contributed by atoms with van der Waals surface area (Å²) in [5, 5.41) is 13.5. The van der Waals surface area contributed by atoms with E-state index in [-0.39, 0.29) is 23.8 Å². The standard InChI is InChI=1S/C20H25N3O3S/c24-11-3-10-23-19(26)15-4-1-2-5-16(15)21-20(23)27-12-17(25)22-18(13-6-7-13)14-8-9-14/h1-2,4-5,13-14,18,24H,3,6-12H2,(H,22,25). The number of carbonyl (C=O) groups excluding carboxylic acids is 1. The van der Waals surface area contributed by atoms with E-state index in [9.17, 15) is 9.59 Å². The van der Waals surface area contributed by atoms with E-state index in [4.69, 9.17) is 5.11 Å². The maximum Gasteiger partial charge on any atom is 0.262 e. The molecule has 0 spiro atoms. The molecule has 144 valence electrons. The highest BCUT2D eigenvalue weighted by molar-refractivity contribution is 7.99. The Morgan fingerprint density at radius 3 is 2.63 bits per heavy atom. The summed E-state index contributed by atoms with van der Waals surface area (Å²) in [4.78, 5) is 29.9. The number of hydrogen-bond donors (Lipinski definition) is 2. The van der Waals surface area contributed by atoms with Gasteiger partial charge >= 0.3 is 0 Å². The van der Waals surface area contributed by atoms with Gasteiger partial charge in [0, 0.05) is 19.2 Å². The van der Waals surface area contributed by atoms with Crippen molar-refractivity contribution >= 4 is 28.6 Å². The summed E-state index contributed by atoms with van der Waals surface area (Å²) < 4.78 is 1.58. The Balaban J connectivity index is 1.49. The number of amides is 1. The number of rotatable bonds is 9. The smallest absolute Gasteiger partial charge is 0.262 e. The molecule has 1 aromatic carbocycles. The van der Waals surface area contributed by atoms with Gasteiger partial charge in [-0.3, -0.25) is 14.2 Å². The number of benzene rings is 1. The maximum atomic E-state index is 12.8. The van der Waals surface area contributed by atoms with Crippen LogP contribution in [0.3, 0.4) is 0 Å². The Bertz CT molecular complexity index is 878. The topological polar surface area (TPSA) is 84.2 Å². The SMILES string of the molecule is O=C(CSc1nc2ccccc2c(=O)n1CCCO)NC(C1CC1)C1CC1. The average molecular weight is 388 g/mol. The molecular weight excluding hydrogens is 362 g/mol. The first-order valence-corrected chi connectivity index (χ1v) is 10.7. The first-order valence-electron chi connectivity index (χ1n) is 9.70. The van der Waals surface area contributed by atoms with Crippen molar-refractivity contribution in [2.24, 2.45) is 11.8 Å². The molecule has 2 aromatic rings. The average Bonchev–Trinajstić information content (AvgIpc) is 3.56. The highest BCUT2D eigenvalue weighted by Gasteiger charge is 2.42. The van der Waals surface area contributed by atoms with Gasteiger partial charge in [-0.05, 0) is 56.1 Å². The number of aliphatic hydroxyl groups is 1. The van der Waals surface area contributed by atoms with Crippen LogP contribution in [-0.2, 0) is 11.3 Å². The minimum absolute atomic E-state index is 0.00825. The van der Waals surface area contributed by atoms with Gasteiger partial charge in [-0.1, -0.05) is 23.9 Å². The molecule has 0 saturated heterocycles. The van der Waals surface area contributed by atoms with E-state index in [0.29, 0.717) is 46.9 Å². The van der Waals surface area contributed by atoms with Crippen molar-refractivity contribution in [1.82, 2.24) is 14.9 Å². The number of para-hydroxylation sites is 1. The number of nitrogens with one attached hydrogen (secondary N) is 1. The molecule has 0 aliphatic heterocycles. The van der Waals surface area contributed by atoms with E-state index in [0.717, 1.165) is 0 Å². The minimum Gasteiger partial charge on any atom is -0.396 e. The van der Waals surface area contributed by atoms with Crippen LogP contribution in [0.15, 0.2) is 34.2 Å². The molecule has 2 fully saturated rings. The fourth-order valence-corrected chi connectivity index (χ4v) is 4.41. The van der Waals surface area contributed by atoms with Crippen LogP contribution in [0.1, 0.15) is 32.1 Å². The predicted molar refractivity (Wildman–Crippen MR) is 106 cm³/mol. The quantitative estimate of drug-likeness (QED) is 0.509. The van der Waals surface area contributed by atoms with Gasteiger partial charge in [-0.2, -0.15) is 0 Å². The minimum atomic E-state index is -0.120. The molecule has 27 heavy (non-hydrogen) atoms. The van der Waals surface area contributed by atoms with Gasteiger partial charge in [0.25, 0.3) is 5.56 Å². The normalized spacial score (nSPS) is 16.8. The maximum absolute atomic E-state index is 12.8. The molecule has 6 nitrogen and oxygen atoms in total. The molecule has 7 heteroatoms. The molecule has 2 N–H and O–H groups in total. The van der Waals surface area contributed by atoms with Gasteiger partial charge in [0.2, 0.25) is 5.91 Å². The second-order valence-electron chi connectivity index (χ2n) is 7.50. The van der Waals surface area contributed by atoms with Crippen LogP contribution < -0.4 is 10.9 Å². The second kappa shape index (κ2) is 8.02. The summed E-state index contributed by atoms with van der Waals surface area (Å²) in [6.45, 7) is 0.401. The summed E-state index contributed by atoms with van der Waals surface area (Å²) in [5.74, 6) is 1.58. The zero-order valence-corrected chi connectivity index (χ0v) is 16.1. The van der Waals surface area contributed by atoms with Crippen LogP contribution in [0, 0.1) is 11.8 Å². The lowest BCUT2D eigenvalue weighted by Gasteiger charge is -2.18. The molecule has 0 radical (unpaired) electrons. The third kappa shape index (κ3) is 4.35. The zero-order chi connectivity index (χ0) is 18.8. The molecule has 4 rings (SSSR count). The van der Waals surface area contributed by atoms with E-state index in [2.05, 4.69) is 10.3 Å². The Morgan fingerprint density at radius 2 is 1.96 bits per heavy atom. The van der Waals surface area contributed by atoms with Crippen LogP contribution in [0.25, 0.3) is 10.9 Å². The number of nitrogens with zero attached hydrogens (tertiary/aromatic N) is 2. The highest BCUT2D eigenvalue weighted by Crippen LogP contribution is 2.44. The molecule has 1 amide bonds. The first-order chi connectivity index (χ1) is 13.2. The lowest BCUT2D eigenvalue weighted by atomic mass is 10.1. The highest BCUT2D eigenvalue weighted by atomic mass is 32.2. The Morgan fingerprint density at radius 1 is 1.26 bits per heavy atom. The lowest BCUT2D eigenvalue weighted by Crippen LogP contribution is -2.39. The molecule has 0 bridgehead atoms. The van der Waals surface area contributed by atoms with Gasteiger partial charge in [-0.25, -0.2) is 4.98 Å². The molecule has 0 unspecified atom stereocenters. The Hall–Kier alpha value is -1.86. The van der Waals surface area contributed by atoms with E-state index >= 15 is 0 Å². The van der Waals surface area contributed by atoms with Crippen molar-refractivity contribution in [3.8, 4) is 0 Å². The van der Waals surface area contributed by atoms with Gasteiger partial charge in [0.15, 0.2) is 5.16 Å². The van der Waals surface area contributed by atoms with Crippen LogP contribution in [0.2, 0.25) is 0 Å². The summed E-state index contributed by atoms with van der Waals surface area (Å²) in [7, 11) is 0. The summed E-state index contributed by atoms with van der Waals surface area (Å²) >= 11 is 1.30. The monoisotopic (exact) mass is 387 g/mol. The fourth-order valence-electron chi connectivity index (χ4n) is 3.57. The lowest BCUT2D eigenvalue weighted by molar-refractivity contribution is -0.119. The molecular formula is C20H25N3O3S. The van der Waals surface area contributed by atoms with Crippen molar-refractivity contribution in [2.45, 2.75) is 49.8 Å². The molecule has 2 aliphatic carbocycles. The number of carbonyl (C=O) groups is 1. The van der Waals surface area contributed by atoms with Crippen LogP contribution in [0.4, 0.5) is 0 Å². The molecule has 2 saturated carbocycles. The molecule has 1 aromatic heterocycles. The van der Waals surface area contributed by atoms with E-state index in [1.807, 2.05) is 18.2 Å². The van der Waals surface area contributed by atoms with Gasteiger partial charge in [0.05, 0.1) is 16.7 Å². The van der Waals surface area contributed by atoms with Crippen LogP contribution in [0.5, 0.6) is 0 Å². The van der Waals surface area contributed by atoms with Crippen molar-refractivity contribution in [3.63, 3.8) is 0 Å². The van der Waals surface area contributed by atoms with E-state index in [1.165, 1.54) is 37.4 Å². The van der Waals surface area contributed by atoms with Crippen LogP contribution in [-0.4, -0.2) is 39.0 Å².